The van der Waals surface area contributed by atoms with Gasteiger partial charge in [0, 0.05) is 44.3 Å². The van der Waals surface area contributed by atoms with Crippen LogP contribution in [0.3, 0.4) is 0 Å². The van der Waals surface area contributed by atoms with Gasteiger partial charge >= 0.3 is 0 Å². The smallest absolute Gasteiger partial charge is 0.248 e. The number of hydrogen-bond donors (Lipinski definition) is 3. The highest BCUT2D eigenvalue weighted by atomic mass is 16.1. The fraction of sp³-hybridized carbons (Fsp3) is 0.364. The monoisotopic (exact) mass is 379 g/mol. The summed E-state index contributed by atoms with van der Waals surface area (Å²) in [5.41, 5.74) is 8.20. The van der Waals surface area contributed by atoms with Crippen molar-refractivity contribution in [2.75, 3.05) is 13.6 Å². The van der Waals surface area contributed by atoms with Crippen molar-refractivity contribution in [3.8, 4) is 0 Å². The fourth-order valence-corrected chi connectivity index (χ4v) is 3.65. The molecule has 28 heavy (non-hydrogen) atoms. The summed E-state index contributed by atoms with van der Waals surface area (Å²) < 4.78 is 0. The molecular formula is C22H29N5O. The lowest BCUT2D eigenvalue weighted by molar-refractivity contribution is 0.1000. The third kappa shape index (κ3) is 5.33. The van der Waals surface area contributed by atoms with E-state index in [0.29, 0.717) is 24.2 Å². The highest BCUT2D eigenvalue weighted by Gasteiger charge is 2.29. The SMILES string of the molecule is CN=C(NCc1cccc(C(N)=O)c1)NC1CC(C)N(Cc2ccccc2)C1. The number of nitrogens with zero attached hydrogens (tertiary/aromatic N) is 2. The number of benzene rings is 2. The molecule has 6 heteroatoms. The van der Waals surface area contributed by atoms with Crippen LogP contribution in [0.25, 0.3) is 0 Å². The zero-order valence-corrected chi connectivity index (χ0v) is 16.6. The highest BCUT2D eigenvalue weighted by Crippen LogP contribution is 2.20. The molecule has 2 atom stereocenters. The van der Waals surface area contributed by atoms with Gasteiger partial charge in [-0.05, 0) is 36.6 Å². The van der Waals surface area contributed by atoms with Crippen molar-refractivity contribution in [3.63, 3.8) is 0 Å². The maximum Gasteiger partial charge on any atom is 0.248 e. The summed E-state index contributed by atoms with van der Waals surface area (Å²) in [5, 5.41) is 6.85. The molecule has 2 aromatic carbocycles. The number of carbonyl (C=O) groups excluding carboxylic acids is 1. The zero-order valence-electron chi connectivity index (χ0n) is 16.6. The van der Waals surface area contributed by atoms with Crippen LogP contribution in [0.4, 0.5) is 0 Å². The number of nitrogens with one attached hydrogen (secondary N) is 2. The lowest BCUT2D eigenvalue weighted by atomic mass is 10.1. The predicted molar refractivity (Wildman–Crippen MR) is 113 cm³/mol. The Morgan fingerprint density at radius 1 is 1.18 bits per heavy atom. The minimum Gasteiger partial charge on any atom is -0.366 e. The van der Waals surface area contributed by atoms with Gasteiger partial charge in [0.25, 0.3) is 0 Å². The standard InChI is InChI=1S/C22H29N5O/c1-16-11-20(15-27(16)14-17-7-4-3-5-8-17)26-22(24-2)25-13-18-9-6-10-19(12-18)21(23)28/h3-10,12,16,20H,11,13-15H2,1-2H3,(H2,23,28)(H2,24,25,26). The first-order valence-electron chi connectivity index (χ1n) is 9.69. The van der Waals surface area contributed by atoms with E-state index in [9.17, 15) is 4.79 Å². The molecule has 1 aliphatic rings. The van der Waals surface area contributed by atoms with Gasteiger partial charge < -0.3 is 16.4 Å². The van der Waals surface area contributed by atoms with Gasteiger partial charge in [-0.25, -0.2) is 0 Å². The van der Waals surface area contributed by atoms with E-state index >= 15 is 0 Å². The Hall–Kier alpha value is -2.86. The molecule has 2 aromatic rings. The number of primary amides is 1. The number of aliphatic imine (C=N–C) groups is 1. The topological polar surface area (TPSA) is 82.7 Å². The van der Waals surface area contributed by atoms with Gasteiger partial charge in [0.2, 0.25) is 5.91 Å². The molecule has 1 saturated heterocycles. The number of nitrogens with two attached hydrogens (primary N) is 1. The van der Waals surface area contributed by atoms with Gasteiger partial charge in [-0.1, -0.05) is 42.5 Å². The second-order valence-corrected chi connectivity index (χ2v) is 7.33. The number of likely N-dealkylation sites (tertiary alicyclic amines) is 1. The molecule has 148 valence electrons. The molecule has 1 heterocycles. The maximum atomic E-state index is 11.3. The van der Waals surface area contributed by atoms with Crippen LogP contribution >= 0.6 is 0 Å². The lowest BCUT2D eigenvalue weighted by Crippen LogP contribution is -2.44. The number of guanidine groups is 1. The molecule has 4 N–H and O–H groups in total. The van der Waals surface area contributed by atoms with Crippen molar-refractivity contribution in [2.45, 2.75) is 38.5 Å². The normalized spacial score (nSPS) is 20.1. The van der Waals surface area contributed by atoms with Gasteiger partial charge in [-0.3, -0.25) is 14.7 Å². The second kappa shape index (κ2) is 9.37. The second-order valence-electron chi connectivity index (χ2n) is 7.33. The Bertz CT molecular complexity index is 821. The van der Waals surface area contributed by atoms with Crippen LogP contribution < -0.4 is 16.4 Å². The summed E-state index contributed by atoms with van der Waals surface area (Å²) >= 11 is 0. The van der Waals surface area contributed by atoms with Crippen molar-refractivity contribution in [2.24, 2.45) is 10.7 Å². The molecule has 0 aromatic heterocycles. The Balaban J connectivity index is 1.52. The molecule has 0 saturated carbocycles. The molecule has 1 aliphatic heterocycles. The Kier molecular flexibility index (Phi) is 6.66. The van der Waals surface area contributed by atoms with Crippen molar-refractivity contribution < 1.29 is 4.79 Å². The summed E-state index contributed by atoms with van der Waals surface area (Å²) in [6.45, 7) is 4.80. The van der Waals surface area contributed by atoms with Crippen molar-refractivity contribution in [1.29, 1.82) is 0 Å². The van der Waals surface area contributed by atoms with Gasteiger partial charge in [0.05, 0.1) is 0 Å². The highest BCUT2D eigenvalue weighted by molar-refractivity contribution is 5.92. The first-order valence-corrected chi connectivity index (χ1v) is 9.69. The minimum atomic E-state index is -0.414. The summed E-state index contributed by atoms with van der Waals surface area (Å²) in [7, 11) is 1.77. The number of hydrogen-bond acceptors (Lipinski definition) is 3. The van der Waals surface area contributed by atoms with Gasteiger partial charge in [-0.15, -0.1) is 0 Å². The molecular weight excluding hydrogens is 350 g/mol. The van der Waals surface area contributed by atoms with Crippen LogP contribution in [0.5, 0.6) is 0 Å². The molecule has 1 amide bonds. The van der Waals surface area contributed by atoms with E-state index in [1.54, 1.807) is 13.1 Å². The first kappa shape index (κ1) is 19.9. The van der Waals surface area contributed by atoms with E-state index in [2.05, 4.69) is 57.8 Å². The summed E-state index contributed by atoms with van der Waals surface area (Å²) in [6.07, 6.45) is 1.07. The quantitative estimate of drug-likeness (QED) is 0.530. The largest absolute Gasteiger partial charge is 0.366 e. The van der Waals surface area contributed by atoms with Crippen LogP contribution in [0.15, 0.2) is 59.6 Å². The van der Waals surface area contributed by atoms with Crippen LogP contribution in [-0.2, 0) is 13.1 Å². The van der Waals surface area contributed by atoms with Gasteiger partial charge in [0.15, 0.2) is 5.96 Å². The van der Waals surface area contributed by atoms with Crippen molar-refractivity contribution in [3.05, 3.63) is 71.3 Å². The Labute approximate surface area is 166 Å². The van der Waals surface area contributed by atoms with Crippen molar-refractivity contribution in [1.82, 2.24) is 15.5 Å². The first-order chi connectivity index (χ1) is 13.5. The van der Waals surface area contributed by atoms with E-state index in [-0.39, 0.29) is 0 Å². The number of amides is 1. The molecule has 0 aliphatic carbocycles. The van der Waals surface area contributed by atoms with E-state index in [4.69, 9.17) is 5.73 Å². The molecule has 2 unspecified atom stereocenters. The zero-order chi connectivity index (χ0) is 19.9. The van der Waals surface area contributed by atoms with Crippen LogP contribution in [0, 0.1) is 0 Å². The number of rotatable bonds is 6. The maximum absolute atomic E-state index is 11.3. The van der Waals surface area contributed by atoms with E-state index in [1.165, 1.54) is 5.56 Å². The fourth-order valence-electron chi connectivity index (χ4n) is 3.65. The van der Waals surface area contributed by atoms with E-state index in [0.717, 1.165) is 31.0 Å². The molecule has 0 spiro atoms. The molecule has 1 fully saturated rings. The molecule has 0 bridgehead atoms. The van der Waals surface area contributed by atoms with Crippen LogP contribution in [0.1, 0.15) is 34.8 Å². The average molecular weight is 380 g/mol. The predicted octanol–water partition coefficient (Wildman–Crippen LogP) is 2.11. The van der Waals surface area contributed by atoms with E-state index in [1.807, 2.05) is 18.2 Å². The van der Waals surface area contributed by atoms with E-state index < -0.39 is 5.91 Å². The Morgan fingerprint density at radius 2 is 1.93 bits per heavy atom. The number of carbonyl (C=O) groups is 1. The van der Waals surface area contributed by atoms with Gasteiger partial charge in [0.1, 0.15) is 0 Å². The summed E-state index contributed by atoms with van der Waals surface area (Å²) in [6, 6.07) is 18.8. The third-order valence-electron chi connectivity index (χ3n) is 5.17. The summed E-state index contributed by atoms with van der Waals surface area (Å²) in [5.74, 6) is 0.353. The third-order valence-corrected chi connectivity index (χ3v) is 5.17. The minimum absolute atomic E-state index is 0.349. The molecule has 6 nitrogen and oxygen atoms in total. The van der Waals surface area contributed by atoms with Crippen LogP contribution in [0.2, 0.25) is 0 Å². The Morgan fingerprint density at radius 3 is 2.64 bits per heavy atom. The average Bonchev–Trinajstić information content (AvgIpc) is 3.05. The van der Waals surface area contributed by atoms with Crippen LogP contribution in [-0.4, -0.2) is 42.4 Å². The van der Waals surface area contributed by atoms with Crippen molar-refractivity contribution >= 4 is 11.9 Å². The molecule has 3 rings (SSSR count). The van der Waals surface area contributed by atoms with Gasteiger partial charge in [-0.2, -0.15) is 0 Å². The molecule has 0 radical (unpaired) electrons. The lowest BCUT2D eigenvalue weighted by Gasteiger charge is -2.21. The summed E-state index contributed by atoms with van der Waals surface area (Å²) in [4.78, 5) is 18.2.